The Morgan fingerprint density at radius 1 is 1.43 bits per heavy atom. The molecule has 0 fully saturated rings. The van der Waals surface area contributed by atoms with Crippen LogP contribution < -0.4 is 0 Å². The number of nitrogens with zero attached hydrogens (tertiary/aromatic N) is 2. The molecule has 0 saturated carbocycles. The molecule has 0 atom stereocenters. The van der Waals surface area contributed by atoms with Crippen molar-refractivity contribution in [1.29, 1.82) is 0 Å². The topological polar surface area (TPSA) is 55.1 Å². The molecule has 4 nitrogen and oxygen atoms in total. The Kier molecular flexibility index (Phi) is 5.56. The fourth-order valence-corrected chi connectivity index (χ4v) is 3.17. The minimum absolute atomic E-state index is 0.00183. The summed E-state index contributed by atoms with van der Waals surface area (Å²) in [6.45, 7) is 2.57. The SMILES string of the molecule is Cc1cn(CCc2ccc(Cl)cc2Cl)c(SCC(=O)O)n1. The zero-order valence-corrected chi connectivity index (χ0v) is 13.7. The lowest BCUT2D eigenvalue weighted by molar-refractivity contribution is -0.133. The molecule has 112 valence electrons. The van der Waals surface area contributed by atoms with Gasteiger partial charge in [-0.15, -0.1) is 0 Å². The average Bonchev–Trinajstić information content (AvgIpc) is 2.76. The van der Waals surface area contributed by atoms with Gasteiger partial charge in [-0.3, -0.25) is 4.79 Å². The van der Waals surface area contributed by atoms with Gasteiger partial charge in [-0.25, -0.2) is 4.98 Å². The summed E-state index contributed by atoms with van der Waals surface area (Å²) in [7, 11) is 0. The summed E-state index contributed by atoms with van der Waals surface area (Å²) in [5.74, 6) is -0.856. The Labute approximate surface area is 137 Å². The quantitative estimate of drug-likeness (QED) is 0.807. The van der Waals surface area contributed by atoms with Gasteiger partial charge in [-0.2, -0.15) is 0 Å². The summed E-state index contributed by atoms with van der Waals surface area (Å²) < 4.78 is 1.95. The number of thioether (sulfide) groups is 1. The van der Waals surface area contributed by atoms with E-state index in [1.165, 1.54) is 11.8 Å². The number of hydrogen-bond acceptors (Lipinski definition) is 3. The maximum absolute atomic E-state index is 10.7. The molecule has 2 rings (SSSR count). The molecule has 21 heavy (non-hydrogen) atoms. The first-order valence-corrected chi connectivity index (χ1v) is 8.02. The van der Waals surface area contributed by atoms with Gasteiger partial charge in [-0.1, -0.05) is 41.0 Å². The maximum Gasteiger partial charge on any atom is 0.313 e. The predicted octanol–water partition coefficient (Wildman–Crippen LogP) is 3.92. The molecule has 1 aromatic heterocycles. The minimum atomic E-state index is -0.854. The van der Waals surface area contributed by atoms with E-state index in [1.807, 2.05) is 29.8 Å². The van der Waals surface area contributed by atoms with E-state index in [4.69, 9.17) is 28.3 Å². The molecule has 2 aromatic rings. The van der Waals surface area contributed by atoms with Gasteiger partial charge in [0.15, 0.2) is 5.16 Å². The highest BCUT2D eigenvalue weighted by atomic mass is 35.5. The van der Waals surface area contributed by atoms with Crippen LogP contribution in [0.15, 0.2) is 29.6 Å². The summed E-state index contributed by atoms with van der Waals surface area (Å²) in [6, 6.07) is 5.43. The largest absolute Gasteiger partial charge is 0.481 e. The second kappa shape index (κ2) is 7.20. The van der Waals surface area contributed by atoms with Crippen molar-refractivity contribution in [2.75, 3.05) is 5.75 Å². The monoisotopic (exact) mass is 344 g/mol. The number of halogens is 2. The van der Waals surface area contributed by atoms with Gasteiger partial charge in [0.2, 0.25) is 0 Å². The van der Waals surface area contributed by atoms with Crippen LogP contribution in [0.2, 0.25) is 10.0 Å². The molecule has 1 N–H and O–H groups in total. The molecule has 1 aromatic carbocycles. The van der Waals surface area contributed by atoms with Crippen LogP contribution in [0.25, 0.3) is 0 Å². The zero-order chi connectivity index (χ0) is 15.4. The molecule has 0 aliphatic rings. The normalized spacial score (nSPS) is 10.8. The molecule has 0 aliphatic heterocycles. The Balaban J connectivity index is 2.07. The van der Waals surface area contributed by atoms with E-state index in [0.29, 0.717) is 21.7 Å². The molecule has 0 aliphatic carbocycles. The van der Waals surface area contributed by atoms with Crippen molar-refractivity contribution >= 4 is 40.9 Å². The van der Waals surface area contributed by atoms with Crippen LogP contribution in [0.1, 0.15) is 11.3 Å². The number of aliphatic carboxylic acids is 1. The van der Waals surface area contributed by atoms with Crippen LogP contribution in [-0.4, -0.2) is 26.4 Å². The predicted molar refractivity (Wildman–Crippen MR) is 85.5 cm³/mol. The first-order chi connectivity index (χ1) is 9.95. The van der Waals surface area contributed by atoms with Crippen LogP contribution in [0.5, 0.6) is 0 Å². The van der Waals surface area contributed by atoms with Gasteiger partial charge in [-0.05, 0) is 31.0 Å². The van der Waals surface area contributed by atoms with E-state index in [0.717, 1.165) is 17.7 Å². The number of imidazole rings is 1. The number of rotatable bonds is 6. The van der Waals surface area contributed by atoms with Gasteiger partial charge in [0.05, 0.1) is 11.4 Å². The van der Waals surface area contributed by atoms with Crippen LogP contribution in [0, 0.1) is 6.92 Å². The van der Waals surface area contributed by atoms with Crippen LogP contribution in [0.4, 0.5) is 0 Å². The molecule has 0 unspecified atom stereocenters. The fraction of sp³-hybridized carbons (Fsp3) is 0.286. The molecule has 0 saturated heterocycles. The van der Waals surface area contributed by atoms with Gasteiger partial charge < -0.3 is 9.67 Å². The second-order valence-corrected chi connectivity index (χ2v) is 6.31. The molecule has 1 heterocycles. The fourth-order valence-electron chi connectivity index (χ4n) is 1.89. The smallest absolute Gasteiger partial charge is 0.313 e. The number of carboxylic acids is 1. The minimum Gasteiger partial charge on any atom is -0.481 e. The number of aryl methyl sites for hydroxylation is 3. The van der Waals surface area contributed by atoms with E-state index in [1.54, 1.807) is 6.07 Å². The summed E-state index contributed by atoms with van der Waals surface area (Å²) in [4.78, 5) is 15.0. The first kappa shape index (κ1) is 16.2. The van der Waals surface area contributed by atoms with Crippen molar-refractivity contribution in [2.45, 2.75) is 25.0 Å². The molecule has 0 bridgehead atoms. The highest BCUT2D eigenvalue weighted by Gasteiger charge is 2.09. The van der Waals surface area contributed by atoms with Crippen LogP contribution in [-0.2, 0) is 17.8 Å². The van der Waals surface area contributed by atoms with E-state index < -0.39 is 5.97 Å². The highest BCUT2D eigenvalue weighted by molar-refractivity contribution is 7.99. The summed E-state index contributed by atoms with van der Waals surface area (Å²) in [6.07, 6.45) is 2.64. The van der Waals surface area contributed by atoms with Crippen molar-refractivity contribution in [3.05, 3.63) is 45.7 Å². The third kappa shape index (κ3) is 4.66. The summed E-state index contributed by atoms with van der Waals surface area (Å²) >= 11 is 13.2. The number of carbonyl (C=O) groups is 1. The van der Waals surface area contributed by atoms with Gasteiger partial charge in [0.25, 0.3) is 0 Å². The van der Waals surface area contributed by atoms with Gasteiger partial charge in [0, 0.05) is 22.8 Å². The Morgan fingerprint density at radius 2 is 2.19 bits per heavy atom. The molecule has 0 radical (unpaired) electrons. The summed E-state index contributed by atoms with van der Waals surface area (Å²) in [5, 5.41) is 10.7. The van der Waals surface area contributed by atoms with Crippen LogP contribution in [0.3, 0.4) is 0 Å². The third-order valence-corrected chi connectivity index (χ3v) is 4.38. The Bertz CT molecular complexity index is 658. The van der Waals surface area contributed by atoms with Gasteiger partial charge in [0.1, 0.15) is 0 Å². The standard InChI is InChI=1S/C14H14Cl2N2O2S/c1-9-7-18(14(17-9)21-8-13(19)20)5-4-10-2-3-11(15)6-12(10)16/h2-3,6-7H,4-5,8H2,1H3,(H,19,20). The number of aromatic nitrogens is 2. The maximum atomic E-state index is 10.7. The third-order valence-electron chi connectivity index (χ3n) is 2.82. The number of carboxylic acid groups (broad SMARTS) is 1. The van der Waals surface area contributed by atoms with E-state index in [-0.39, 0.29) is 5.75 Å². The lowest BCUT2D eigenvalue weighted by Crippen LogP contribution is -2.05. The van der Waals surface area contributed by atoms with E-state index >= 15 is 0 Å². The second-order valence-electron chi connectivity index (χ2n) is 4.53. The highest BCUT2D eigenvalue weighted by Crippen LogP contribution is 2.23. The summed E-state index contributed by atoms with van der Waals surface area (Å²) in [5.41, 5.74) is 1.87. The van der Waals surface area contributed by atoms with E-state index in [2.05, 4.69) is 4.98 Å². The van der Waals surface area contributed by atoms with Crippen molar-refractivity contribution in [3.63, 3.8) is 0 Å². The number of hydrogen-bond donors (Lipinski definition) is 1. The molecular weight excluding hydrogens is 331 g/mol. The van der Waals surface area contributed by atoms with Crippen molar-refractivity contribution in [1.82, 2.24) is 9.55 Å². The average molecular weight is 345 g/mol. The van der Waals surface area contributed by atoms with Crippen molar-refractivity contribution in [2.24, 2.45) is 0 Å². The molecular formula is C14H14Cl2N2O2S. The van der Waals surface area contributed by atoms with Gasteiger partial charge >= 0.3 is 5.97 Å². The lowest BCUT2D eigenvalue weighted by atomic mass is 10.1. The zero-order valence-electron chi connectivity index (χ0n) is 11.3. The van der Waals surface area contributed by atoms with Crippen molar-refractivity contribution < 1.29 is 9.90 Å². The molecule has 0 spiro atoms. The first-order valence-electron chi connectivity index (χ1n) is 6.28. The Hall–Kier alpha value is -1.17. The van der Waals surface area contributed by atoms with Crippen LogP contribution >= 0.6 is 35.0 Å². The van der Waals surface area contributed by atoms with E-state index in [9.17, 15) is 4.79 Å². The van der Waals surface area contributed by atoms with Crippen molar-refractivity contribution in [3.8, 4) is 0 Å². The Morgan fingerprint density at radius 3 is 2.86 bits per heavy atom. The molecule has 0 amide bonds. The number of benzene rings is 1. The molecule has 7 heteroatoms. The lowest BCUT2D eigenvalue weighted by Gasteiger charge is -2.08.